The fourth-order valence-corrected chi connectivity index (χ4v) is 5.81. The molecule has 10 heteroatoms. The van der Waals surface area contributed by atoms with Gasteiger partial charge in [-0.3, -0.25) is 9.89 Å². The van der Waals surface area contributed by atoms with Gasteiger partial charge in [-0.2, -0.15) is 5.10 Å². The largest absolute Gasteiger partial charge is 0.341 e. The topological polar surface area (TPSA) is 114 Å². The Kier molecular flexibility index (Phi) is 8.83. The first-order valence-corrected chi connectivity index (χ1v) is 14.3. The number of amides is 5. The van der Waals surface area contributed by atoms with Crippen LogP contribution in [0.4, 0.5) is 15.3 Å². The van der Waals surface area contributed by atoms with Crippen LogP contribution < -0.4 is 10.6 Å². The Morgan fingerprint density at radius 3 is 2.60 bits per heavy atom. The third kappa shape index (κ3) is 6.73. The number of aryl methyl sites for hydroxylation is 1. The van der Waals surface area contributed by atoms with Gasteiger partial charge in [-0.1, -0.05) is 30.3 Å². The normalized spacial score (nSPS) is 18.3. The van der Waals surface area contributed by atoms with E-state index in [0.29, 0.717) is 38.9 Å². The quantitative estimate of drug-likeness (QED) is 0.527. The molecule has 4 heterocycles. The van der Waals surface area contributed by atoms with Crippen LogP contribution in [0.15, 0.2) is 54.9 Å². The SMILES string of the molecule is Cc1cn[nH]cccc(CC(NC(=O)N2CCC(N3Cc4ccccc4NC3=O)CC2)C(=O)N2CCCCC2)c1. The van der Waals surface area contributed by atoms with E-state index in [1.165, 1.54) is 0 Å². The summed E-state index contributed by atoms with van der Waals surface area (Å²) in [6.07, 6.45) is 8.34. The standard InChI is InChI=1S/C30H39N7O3/c1-22-18-23(8-7-13-31-32-20-22)19-27(28(38)35-14-5-2-6-15-35)34-29(39)36-16-11-25(12-17-36)37-21-24-9-3-4-10-26(24)33-30(37)40/h3-4,7-10,13,18,20,25,27,31H,2,5-6,11-12,14-17,19,21H2,1H3,(H,33,40)(H,34,39). The minimum Gasteiger partial charge on any atom is -0.341 e. The van der Waals surface area contributed by atoms with Gasteiger partial charge in [0.1, 0.15) is 6.04 Å². The summed E-state index contributed by atoms with van der Waals surface area (Å²) in [4.78, 5) is 45.4. The number of nitrogens with zero attached hydrogens (tertiary/aromatic N) is 4. The first-order valence-electron chi connectivity index (χ1n) is 14.3. The summed E-state index contributed by atoms with van der Waals surface area (Å²) in [6, 6.07) is 12.7. The summed E-state index contributed by atoms with van der Waals surface area (Å²) in [7, 11) is 0. The summed E-state index contributed by atoms with van der Waals surface area (Å²) in [5.41, 5.74) is 3.85. The highest BCUT2D eigenvalue weighted by atomic mass is 16.2. The summed E-state index contributed by atoms with van der Waals surface area (Å²) in [6.45, 7) is 5.03. The zero-order valence-corrected chi connectivity index (χ0v) is 23.1. The summed E-state index contributed by atoms with van der Waals surface area (Å²) in [5, 5.41) is 13.0. The Morgan fingerprint density at radius 2 is 1.80 bits per heavy atom. The maximum Gasteiger partial charge on any atom is 0.322 e. The minimum absolute atomic E-state index is 0.0332. The number of rotatable bonds is 5. The second-order valence-corrected chi connectivity index (χ2v) is 10.9. The van der Waals surface area contributed by atoms with Crippen molar-refractivity contribution in [3.8, 4) is 0 Å². The van der Waals surface area contributed by atoms with Gasteiger partial charge in [-0.05, 0) is 67.9 Å². The van der Waals surface area contributed by atoms with Gasteiger partial charge in [0.15, 0.2) is 0 Å². The number of aromatic nitrogens is 2. The zero-order chi connectivity index (χ0) is 27.9. The van der Waals surface area contributed by atoms with Crippen LogP contribution in [-0.2, 0) is 17.8 Å². The molecule has 0 spiro atoms. The van der Waals surface area contributed by atoms with Gasteiger partial charge in [-0.25, -0.2) is 9.59 Å². The second-order valence-electron chi connectivity index (χ2n) is 10.9. The number of carbonyl (C=O) groups excluding carboxylic acids is 3. The number of likely N-dealkylation sites (tertiary alicyclic amines) is 2. The van der Waals surface area contributed by atoms with Crippen molar-refractivity contribution in [2.75, 3.05) is 31.5 Å². The first-order chi connectivity index (χ1) is 19.5. The van der Waals surface area contributed by atoms with Gasteiger partial charge in [0, 0.05) is 57.1 Å². The molecule has 2 fully saturated rings. The molecule has 2 aromatic rings. The summed E-state index contributed by atoms with van der Waals surface area (Å²) < 4.78 is 0. The molecule has 5 amide bonds. The molecule has 1 aromatic carbocycles. The van der Waals surface area contributed by atoms with E-state index in [1.807, 2.05) is 59.2 Å². The van der Waals surface area contributed by atoms with Gasteiger partial charge < -0.3 is 25.3 Å². The van der Waals surface area contributed by atoms with E-state index in [2.05, 4.69) is 20.8 Å². The molecule has 1 aromatic heterocycles. The van der Waals surface area contributed by atoms with Crippen LogP contribution in [-0.4, -0.2) is 81.1 Å². The molecule has 3 N–H and O–H groups in total. The maximum atomic E-state index is 13.6. The molecule has 3 aliphatic heterocycles. The molecule has 10 nitrogen and oxygen atoms in total. The van der Waals surface area contributed by atoms with Gasteiger partial charge in [0.05, 0.1) is 6.20 Å². The van der Waals surface area contributed by atoms with Crippen LogP contribution in [0.1, 0.15) is 48.8 Å². The van der Waals surface area contributed by atoms with Crippen molar-refractivity contribution < 1.29 is 14.4 Å². The van der Waals surface area contributed by atoms with Gasteiger partial charge >= 0.3 is 12.1 Å². The molecule has 40 heavy (non-hydrogen) atoms. The number of benzene rings is 1. The molecule has 0 saturated carbocycles. The van der Waals surface area contributed by atoms with Crippen molar-refractivity contribution in [3.05, 3.63) is 71.5 Å². The molecule has 0 bridgehead atoms. The highest BCUT2D eigenvalue weighted by molar-refractivity contribution is 5.92. The number of urea groups is 2. The fraction of sp³-hybridized carbons (Fsp3) is 0.467. The number of fused-ring (bicyclic) bond motifs is 1. The molecule has 3 aliphatic rings. The smallest absolute Gasteiger partial charge is 0.322 e. The van der Waals surface area contributed by atoms with E-state index in [1.54, 1.807) is 17.3 Å². The van der Waals surface area contributed by atoms with Crippen molar-refractivity contribution in [3.63, 3.8) is 0 Å². The average molecular weight is 546 g/mol. The lowest BCUT2D eigenvalue weighted by molar-refractivity contribution is -0.134. The van der Waals surface area contributed by atoms with E-state index in [0.717, 1.165) is 54.7 Å². The second kappa shape index (κ2) is 12.8. The number of aromatic amines is 1. The number of para-hydroxylation sites is 1. The zero-order valence-electron chi connectivity index (χ0n) is 23.1. The number of H-pyrrole nitrogens is 1. The Labute approximate surface area is 235 Å². The minimum atomic E-state index is -0.665. The van der Waals surface area contributed by atoms with Crippen molar-refractivity contribution >= 4 is 23.7 Å². The van der Waals surface area contributed by atoms with Crippen molar-refractivity contribution in [2.45, 2.75) is 64.1 Å². The van der Waals surface area contributed by atoms with Crippen LogP contribution in [0, 0.1) is 6.92 Å². The van der Waals surface area contributed by atoms with Gasteiger partial charge in [0.2, 0.25) is 5.91 Å². The lowest BCUT2D eigenvalue weighted by atomic mass is 10.0. The third-order valence-electron chi connectivity index (χ3n) is 7.99. The van der Waals surface area contributed by atoms with Crippen molar-refractivity contribution in [1.29, 1.82) is 0 Å². The maximum absolute atomic E-state index is 13.6. The Hall–Kier alpha value is -4.08. The number of hydrogen-bond donors (Lipinski definition) is 3. The molecule has 2 saturated heterocycles. The summed E-state index contributed by atoms with van der Waals surface area (Å²) >= 11 is 0. The Balaban J connectivity index is 1.25. The van der Waals surface area contributed by atoms with Crippen molar-refractivity contribution in [2.24, 2.45) is 0 Å². The molecule has 212 valence electrons. The highest BCUT2D eigenvalue weighted by Gasteiger charge is 2.34. The molecular formula is C30H39N7O3. The molecular weight excluding hydrogens is 506 g/mol. The van der Waals surface area contributed by atoms with Gasteiger partial charge in [-0.15, -0.1) is 0 Å². The van der Waals surface area contributed by atoms with E-state index >= 15 is 0 Å². The van der Waals surface area contributed by atoms with Gasteiger partial charge in [0.25, 0.3) is 0 Å². The Morgan fingerprint density at radius 1 is 1.02 bits per heavy atom. The van der Waals surface area contributed by atoms with E-state index in [-0.39, 0.29) is 24.0 Å². The average Bonchev–Trinajstić information content (AvgIpc) is 3.08. The number of carbonyl (C=O) groups is 3. The molecule has 1 atom stereocenters. The lowest BCUT2D eigenvalue weighted by Crippen LogP contribution is -2.56. The molecule has 1 unspecified atom stereocenters. The molecule has 0 radical (unpaired) electrons. The predicted molar refractivity (Wildman–Crippen MR) is 153 cm³/mol. The van der Waals surface area contributed by atoms with Crippen LogP contribution in [0.25, 0.3) is 0 Å². The van der Waals surface area contributed by atoms with E-state index < -0.39 is 6.04 Å². The van der Waals surface area contributed by atoms with E-state index in [9.17, 15) is 14.4 Å². The monoisotopic (exact) mass is 545 g/mol. The van der Waals surface area contributed by atoms with Crippen LogP contribution in [0.3, 0.4) is 0 Å². The summed E-state index contributed by atoms with van der Waals surface area (Å²) in [5.74, 6) is -0.0332. The van der Waals surface area contributed by atoms with Crippen LogP contribution in [0.5, 0.6) is 0 Å². The highest BCUT2D eigenvalue weighted by Crippen LogP contribution is 2.27. The Bertz CT molecular complexity index is 1260. The molecule has 5 rings (SSSR count). The lowest BCUT2D eigenvalue weighted by Gasteiger charge is -2.41. The first kappa shape index (κ1) is 27.5. The number of nitrogens with one attached hydrogen (secondary N) is 3. The number of anilines is 1. The predicted octanol–water partition coefficient (Wildman–Crippen LogP) is 3.99. The molecule has 0 aliphatic carbocycles. The fourth-order valence-electron chi connectivity index (χ4n) is 5.81. The van der Waals surface area contributed by atoms with E-state index in [4.69, 9.17) is 0 Å². The van der Waals surface area contributed by atoms with Crippen molar-refractivity contribution in [1.82, 2.24) is 30.2 Å². The third-order valence-corrected chi connectivity index (χ3v) is 7.99. The number of piperidine rings is 2. The number of hydrogen-bond acceptors (Lipinski definition) is 4. The van der Waals surface area contributed by atoms with Crippen LogP contribution >= 0.6 is 0 Å². The van der Waals surface area contributed by atoms with Crippen LogP contribution in [0.2, 0.25) is 0 Å².